The predicted molar refractivity (Wildman–Crippen MR) is 306 cm³/mol. The van der Waals surface area contributed by atoms with E-state index in [1.165, 1.54) is 295 Å². The number of esters is 1. The Morgan fingerprint density at radius 3 is 0.971 bits per heavy atom. The van der Waals surface area contributed by atoms with E-state index >= 15 is 0 Å². The van der Waals surface area contributed by atoms with Crippen molar-refractivity contribution in [2.75, 3.05) is 13.2 Å². The molecule has 0 aliphatic heterocycles. The van der Waals surface area contributed by atoms with E-state index in [1.807, 2.05) is 6.08 Å². The van der Waals surface area contributed by atoms with Gasteiger partial charge in [-0.2, -0.15) is 0 Å². The number of hydrogen-bond acceptors (Lipinski definition) is 5. The van der Waals surface area contributed by atoms with Gasteiger partial charge < -0.3 is 20.3 Å². The lowest BCUT2D eigenvalue weighted by molar-refractivity contribution is -0.143. The van der Waals surface area contributed by atoms with Gasteiger partial charge in [0.05, 0.1) is 25.4 Å². The summed E-state index contributed by atoms with van der Waals surface area (Å²) in [7, 11) is 0. The minimum Gasteiger partial charge on any atom is -0.466 e. The van der Waals surface area contributed by atoms with Gasteiger partial charge in [-0.1, -0.05) is 328 Å². The maximum atomic E-state index is 12.5. The summed E-state index contributed by atoms with van der Waals surface area (Å²) in [6.07, 6.45) is 72.5. The molecule has 0 rings (SSSR count). The van der Waals surface area contributed by atoms with Crippen molar-refractivity contribution in [1.82, 2.24) is 5.32 Å². The molecule has 6 nitrogen and oxygen atoms in total. The molecular formula is C64H125NO5. The Kier molecular flexibility index (Phi) is 59.0. The minimum absolute atomic E-state index is 0.0137. The highest BCUT2D eigenvalue weighted by molar-refractivity contribution is 5.76. The van der Waals surface area contributed by atoms with E-state index in [0.717, 1.165) is 38.5 Å². The SMILES string of the molecule is CCCCCCCCCCCCCCCCCCC/C=C/C(O)C(CO)NC(=O)CCCCCCCCCCCCCCCCCCCCCCCOC(=O)CCCCCCCCCCCCCCC. The highest BCUT2D eigenvalue weighted by Crippen LogP contribution is 2.18. The lowest BCUT2D eigenvalue weighted by atomic mass is 10.0. The number of ether oxygens (including phenoxy) is 1. The van der Waals surface area contributed by atoms with Crippen molar-refractivity contribution in [3.8, 4) is 0 Å². The summed E-state index contributed by atoms with van der Waals surface area (Å²) in [6, 6.07) is -0.628. The van der Waals surface area contributed by atoms with Crippen LogP contribution < -0.4 is 5.32 Å². The molecule has 0 spiro atoms. The first-order valence-electron chi connectivity index (χ1n) is 32.0. The van der Waals surface area contributed by atoms with Crippen LogP contribution in [0.1, 0.15) is 361 Å². The number of aliphatic hydroxyl groups excluding tert-OH is 2. The van der Waals surface area contributed by atoms with Gasteiger partial charge in [-0.3, -0.25) is 9.59 Å². The van der Waals surface area contributed by atoms with Gasteiger partial charge in [-0.05, 0) is 32.1 Å². The van der Waals surface area contributed by atoms with Crippen molar-refractivity contribution in [2.45, 2.75) is 373 Å². The molecule has 0 fully saturated rings. The van der Waals surface area contributed by atoms with Crippen LogP contribution in [0.2, 0.25) is 0 Å². The molecule has 2 atom stereocenters. The number of aliphatic hydroxyl groups is 2. The summed E-state index contributed by atoms with van der Waals surface area (Å²) >= 11 is 0. The number of carbonyl (C=O) groups excluding carboxylic acids is 2. The zero-order chi connectivity index (χ0) is 50.7. The fourth-order valence-corrected chi connectivity index (χ4v) is 10.2. The molecule has 0 aromatic carbocycles. The fourth-order valence-electron chi connectivity index (χ4n) is 10.2. The minimum atomic E-state index is -0.845. The fraction of sp³-hybridized carbons (Fsp3) is 0.938. The molecular weight excluding hydrogens is 863 g/mol. The Morgan fingerprint density at radius 1 is 0.386 bits per heavy atom. The Balaban J connectivity index is 3.41. The topological polar surface area (TPSA) is 95.9 Å². The van der Waals surface area contributed by atoms with Crippen LogP contribution in [-0.4, -0.2) is 47.4 Å². The molecule has 0 saturated heterocycles. The quantitative estimate of drug-likeness (QED) is 0.0321. The summed E-state index contributed by atoms with van der Waals surface area (Å²) in [5.74, 6) is -0.0516. The number of hydrogen-bond donors (Lipinski definition) is 3. The van der Waals surface area contributed by atoms with Gasteiger partial charge in [0, 0.05) is 12.8 Å². The smallest absolute Gasteiger partial charge is 0.305 e. The van der Waals surface area contributed by atoms with Gasteiger partial charge in [-0.25, -0.2) is 0 Å². The lowest BCUT2D eigenvalue weighted by Crippen LogP contribution is -2.45. The van der Waals surface area contributed by atoms with Crippen LogP contribution in [0.4, 0.5) is 0 Å². The van der Waals surface area contributed by atoms with Crippen LogP contribution in [0.15, 0.2) is 12.2 Å². The maximum Gasteiger partial charge on any atom is 0.305 e. The summed E-state index contributed by atoms with van der Waals surface area (Å²) in [5.41, 5.74) is 0. The van der Waals surface area contributed by atoms with Crippen molar-refractivity contribution in [3.05, 3.63) is 12.2 Å². The molecule has 70 heavy (non-hydrogen) atoms. The number of rotatable bonds is 60. The second kappa shape index (κ2) is 60.2. The Bertz CT molecular complexity index is 1050. The van der Waals surface area contributed by atoms with Crippen molar-refractivity contribution in [3.63, 3.8) is 0 Å². The predicted octanol–water partition coefficient (Wildman–Crippen LogP) is 20.0. The second-order valence-corrected chi connectivity index (χ2v) is 22.1. The van der Waals surface area contributed by atoms with E-state index in [9.17, 15) is 19.8 Å². The highest BCUT2D eigenvalue weighted by Gasteiger charge is 2.18. The van der Waals surface area contributed by atoms with E-state index in [0.29, 0.717) is 19.4 Å². The summed E-state index contributed by atoms with van der Waals surface area (Å²) < 4.78 is 5.48. The normalized spacial score (nSPS) is 12.6. The van der Waals surface area contributed by atoms with Crippen molar-refractivity contribution in [1.29, 1.82) is 0 Å². The summed E-state index contributed by atoms with van der Waals surface area (Å²) in [4.78, 5) is 24.5. The molecule has 0 aliphatic carbocycles. The van der Waals surface area contributed by atoms with E-state index in [-0.39, 0.29) is 18.5 Å². The Morgan fingerprint density at radius 2 is 0.657 bits per heavy atom. The second-order valence-electron chi connectivity index (χ2n) is 22.1. The van der Waals surface area contributed by atoms with Gasteiger partial charge in [0.15, 0.2) is 0 Å². The van der Waals surface area contributed by atoms with Crippen LogP contribution in [0.25, 0.3) is 0 Å². The largest absolute Gasteiger partial charge is 0.466 e. The van der Waals surface area contributed by atoms with Crippen LogP contribution in [-0.2, 0) is 14.3 Å². The third kappa shape index (κ3) is 55.9. The zero-order valence-corrected chi connectivity index (χ0v) is 47.5. The molecule has 2 unspecified atom stereocenters. The molecule has 6 heteroatoms. The van der Waals surface area contributed by atoms with Crippen molar-refractivity contribution < 1.29 is 24.5 Å². The van der Waals surface area contributed by atoms with E-state index in [1.54, 1.807) is 6.08 Å². The third-order valence-electron chi connectivity index (χ3n) is 15.1. The first-order chi connectivity index (χ1) is 34.5. The van der Waals surface area contributed by atoms with E-state index < -0.39 is 12.1 Å². The number of carbonyl (C=O) groups is 2. The molecule has 0 radical (unpaired) electrons. The molecule has 0 aromatic heterocycles. The highest BCUT2D eigenvalue weighted by atomic mass is 16.5. The molecule has 1 amide bonds. The molecule has 0 heterocycles. The van der Waals surface area contributed by atoms with Gasteiger partial charge in [0.25, 0.3) is 0 Å². The van der Waals surface area contributed by atoms with Crippen LogP contribution in [0, 0.1) is 0 Å². The molecule has 0 saturated carbocycles. The third-order valence-corrected chi connectivity index (χ3v) is 15.1. The first-order valence-corrected chi connectivity index (χ1v) is 32.0. The Hall–Kier alpha value is -1.40. The average Bonchev–Trinajstić information content (AvgIpc) is 3.36. The standard InChI is InChI=1S/C64H125NO5/c1-3-5-7-9-11-13-15-17-18-19-23-26-29-33-36-40-44-48-52-56-62(67)61(60-66)65-63(68)57-53-49-45-41-37-34-30-27-24-21-20-22-25-28-31-35-39-43-47-51-55-59-70-64(69)58-54-50-46-42-38-32-16-14-12-10-8-6-4-2/h52,56,61-62,66-67H,3-51,53-55,57-60H2,1-2H3,(H,65,68)/b56-52+. The van der Waals surface area contributed by atoms with Crippen LogP contribution >= 0.6 is 0 Å². The van der Waals surface area contributed by atoms with Gasteiger partial charge in [0.1, 0.15) is 0 Å². The summed E-state index contributed by atoms with van der Waals surface area (Å²) in [6.45, 7) is 4.93. The number of unbranched alkanes of at least 4 members (excludes halogenated alkanes) is 49. The van der Waals surface area contributed by atoms with Crippen molar-refractivity contribution >= 4 is 11.9 Å². The van der Waals surface area contributed by atoms with Crippen LogP contribution in [0.3, 0.4) is 0 Å². The van der Waals surface area contributed by atoms with Gasteiger partial charge >= 0.3 is 5.97 Å². The van der Waals surface area contributed by atoms with Crippen molar-refractivity contribution in [2.24, 2.45) is 0 Å². The molecule has 416 valence electrons. The average molecular weight is 989 g/mol. The monoisotopic (exact) mass is 988 g/mol. The maximum absolute atomic E-state index is 12.5. The Labute approximate surface area is 438 Å². The van der Waals surface area contributed by atoms with Gasteiger partial charge in [0.2, 0.25) is 5.91 Å². The lowest BCUT2D eigenvalue weighted by Gasteiger charge is -2.20. The molecule has 0 aliphatic rings. The first kappa shape index (κ1) is 68.6. The summed E-state index contributed by atoms with van der Waals surface area (Å²) in [5, 5.41) is 23.2. The molecule has 0 bridgehead atoms. The van der Waals surface area contributed by atoms with Crippen LogP contribution in [0.5, 0.6) is 0 Å². The number of allylic oxidation sites excluding steroid dienone is 1. The molecule has 3 N–H and O–H groups in total. The van der Waals surface area contributed by atoms with E-state index in [4.69, 9.17) is 4.74 Å². The van der Waals surface area contributed by atoms with Gasteiger partial charge in [-0.15, -0.1) is 0 Å². The number of nitrogens with one attached hydrogen (secondary N) is 1. The molecule has 0 aromatic rings. The van der Waals surface area contributed by atoms with E-state index in [2.05, 4.69) is 19.2 Å². The number of amides is 1. The zero-order valence-electron chi connectivity index (χ0n) is 47.5.